The van der Waals surface area contributed by atoms with Gasteiger partial charge in [0.15, 0.2) is 11.6 Å². The Balaban J connectivity index is 2.16. The fraction of sp³-hybridized carbons (Fsp3) is 0.188. The van der Waals surface area contributed by atoms with Gasteiger partial charge in [0.25, 0.3) is 0 Å². The van der Waals surface area contributed by atoms with Crippen molar-refractivity contribution in [3.05, 3.63) is 36.4 Å². The summed E-state index contributed by atoms with van der Waals surface area (Å²) < 4.78 is 5.08. The highest BCUT2D eigenvalue weighted by Gasteiger charge is 2.08. The molecule has 26 heavy (non-hydrogen) atoms. The van der Waals surface area contributed by atoms with Gasteiger partial charge in [-0.3, -0.25) is 9.59 Å². The first-order valence-corrected chi connectivity index (χ1v) is 7.71. The molecule has 0 saturated heterocycles. The number of aromatic nitrogens is 1. The molecule has 1 aromatic carbocycles. The molecule has 0 spiro atoms. The monoisotopic (exact) mass is 357 g/mol. The summed E-state index contributed by atoms with van der Waals surface area (Å²) >= 11 is 0. The van der Waals surface area contributed by atoms with Crippen molar-refractivity contribution < 1.29 is 14.3 Å². The SMILES string of the molecule is NCCC(=O)Nc1ccc(/N=N/c2ccccc2OC(=O)CN)c(N)n1. The van der Waals surface area contributed by atoms with Crippen molar-refractivity contribution in [2.24, 2.45) is 21.7 Å². The van der Waals surface area contributed by atoms with Crippen LogP contribution < -0.4 is 27.3 Å². The number of azo groups is 1. The van der Waals surface area contributed by atoms with E-state index in [-0.39, 0.29) is 42.8 Å². The van der Waals surface area contributed by atoms with E-state index in [1.165, 1.54) is 0 Å². The van der Waals surface area contributed by atoms with E-state index in [0.717, 1.165) is 0 Å². The van der Waals surface area contributed by atoms with Crippen molar-refractivity contribution in [3.8, 4) is 5.75 Å². The van der Waals surface area contributed by atoms with Gasteiger partial charge in [0.05, 0.1) is 6.54 Å². The maximum atomic E-state index is 11.5. The Kier molecular flexibility index (Phi) is 6.71. The molecular weight excluding hydrogens is 338 g/mol. The van der Waals surface area contributed by atoms with Gasteiger partial charge >= 0.3 is 5.97 Å². The summed E-state index contributed by atoms with van der Waals surface area (Å²) in [6.07, 6.45) is 0.182. The Labute approximate surface area is 149 Å². The van der Waals surface area contributed by atoms with Crippen molar-refractivity contribution in [2.45, 2.75) is 6.42 Å². The number of anilines is 2. The third-order valence-electron chi connectivity index (χ3n) is 3.06. The van der Waals surface area contributed by atoms with Gasteiger partial charge in [0, 0.05) is 13.0 Å². The minimum Gasteiger partial charge on any atom is -0.423 e. The first-order valence-electron chi connectivity index (χ1n) is 7.71. The van der Waals surface area contributed by atoms with E-state index in [2.05, 4.69) is 20.5 Å². The van der Waals surface area contributed by atoms with Crippen LogP contribution in [0.15, 0.2) is 46.6 Å². The van der Waals surface area contributed by atoms with E-state index in [1.807, 2.05) is 0 Å². The lowest BCUT2D eigenvalue weighted by molar-refractivity contribution is -0.132. The number of nitrogen functional groups attached to an aromatic ring is 1. The summed E-state index contributed by atoms with van der Waals surface area (Å²) in [5.41, 5.74) is 17.0. The van der Waals surface area contributed by atoms with Gasteiger partial charge < -0.3 is 27.3 Å². The number of hydrogen-bond donors (Lipinski definition) is 4. The fourth-order valence-electron chi connectivity index (χ4n) is 1.86. The molecule has 2 aromatic rings. The van der Waals surface area contributed by atoms with Crippen LogP contribution in [0.1, 0.15) is 6.42 Å². The highest BCUT2D eigenvalue weighted by atomic mass is 16.5. The Morgan fingerprint density at radius 3 is 2.50 bits per heavy atom. The number of ether oxygens (including phenoxy) is 1. The Morgan fingerprint density at radius 1 is 1.08 bits per heavy atom. The predicted molar refractivity (Wildman–Crippen MR) is 96.3 cm³/mol. The molecule has 0 atom stereocenters. The summed E-state index contributed by atoms with van der Waals surface area (Å²) in [6.45, 7) is -0.0125. The number of hydrogen-bond acceptors (Lipinski definition) is 9. The maximum Gasteiger partial charge on any atom is 0.325 e. The minimum absolute atomic E-state index is 0.0794. The summed E-state index contributed by atoms with van der Waals surface area (Å²) in [5, 5.41) is 10.6. The quantitative estimate of drug-likeness (QED) is 0.328. The third kappa shape index (κ3) is 5.33. The lowest BCUT2D eigenvalue weighted by Gasteiger charge is -2.06. The maximum absolute atomic E-state index is 11.5. The molecule has 0 saturated carbocycles. The van der Waals surface area contributed by atoms with Crippen molar-refractivity contribution in [3.63, 3.8) is 0 Å². The number of nitrogens with two attached hydrogens (primary N) is 3. The normalized spacial score (nSPS) is 10.7. The Hall–Kier alpha value is -3.37. The molecule has 10 heteroatoms. The number of esters is 1. The van der Waals surface area contributed by atoms with E-state index in [9.17, 15) is 9.59 Å². The molecule has 7 N–H and O–H groups in total. The van der Waals surface area contributed by atoms with Gasteiger partial charge in [-0.2, -0.15) is 0 Å². The number of nitrogens with one attached hydrogen (secondary N) is 1. The summed E-state index contributed by atoms with van der Waals surface area (Å²) in [4.78, 5) is 26.9. The van der Waals surface area contributed by atoms with Crippen LogP contribution in [0.2, 0.25) is 0 Å². The fourth-order valence-corrected chi connectivity index (χ4v) is 1.86. The molecule has 0 aliphatic heterocycles. The second kappa shape index (κ2) is 9.20. The molecule has 1 aromatic heterocycles. The van der Waals surface area contributed by atoms with Crippen LogP contribution in [-0.2, 0) is 9.59 Å². The minimum atomic E-state index is -0.591. The highest BCUT2D eigenvalue weighted by Crippen LogP contribution is 2.30. The average Bonchev–Trinajstić information content (AvgIpc) is 2.62. The molecular formula is C16H19N7O3. The molecule has 0 aliphatic rings. The summed E-state index contributed by atoms with van der Waals surface area (Å²) in [5.74, 6) is -0.257. The largest absolute Gasteiger partial charge is 0.423 e. The van der Waals surface area contributed by atoms with Crippen LogP contribution in [0.5, 0.6) is 5.75 Å². The molecule has 10 nitrogen and oxygen atoms in total. The smallest absolute Gasteiger partial charge is 0.325 e. The lowest BCUT2D eigenvalue weighted by Crippen LogP contribution is -2.19. The molecule has 1 amide bonds. The number of carbonyl (C=O) groups is 2. The first-order chi connectivity index (χ1) is 12.5. The number of amides is 1. The number of benzene rings is 1. The predicted octanol–water partition coefficient (Wildman–Crippen LogP) is 1.23. The molecule has 2 rings (SSSR count). The van der Waals surface area contributed by atoms with Gasteiger partial charge in [0.2, 0.25) is 5.91 Å². The van der Waals surface area contributed by atoms with E-state index in [1.54, 1.807) is 36.4 Å². The van der Waals surface area contributed by atoms with Gasteiger partial charge in [-0.25, -0.2) is 4.98 Å². The van der Waals surface area contributed by atoms with E-state index >= 15 is 0 Å². The van der Waals surface area contributed by atoms with Gasteiger partial charge in [-0.15, -0.1) is 10.2 Å². The third-order valence-corrected chi connectivity index (χ3v) is 3.06. The number of rotatable bonds is 7. The molecule has 0 aliphatic carbocycles. The second-order valence-corrected chi connectivity index (χ2v) is 5.03. The standard InChI is InChI=1S/C16H19N7O3/c17-8-7-14(24)20-13-6-5-11(16(19)21-13)23-22-10-3-1-2-4-12(10)26-15(25)9-18/h1-6H,7-9,17-18H2,(H3,19,20,21,24)/b23-22+. The summed E-state index contributed by atoms with van der Waals surface area (Å²) in [7, 11) is 0. The Morgan fingerprint density at radius 2 is 1.81 bits per heavy atom. The van der Waals surface area contributed by atoms with Crippen LogP contribution in [0.25, 0.3) is 0 Å². The molecule has 136 valence electrons. The van der Waals surface area contributed by atoms with Crippen LogP contribution >= 0.6 is 0 Å². The van der Waals surface area contributed by atoms with E-state index in [4.69, 9.17) is 21.9 Å². The molecule has 1 heterocycles. The Bertz CT molecular complexity index is 823. The van der Waals surface area contributed by atoms with E-state index < -0.39 is 5.97 Å². The van der Waals surface area contributed by atoms with Crippen LogP contribution in [0.3, 0.4) is 0 Å². The number of pyridine rings is 1. The van der Waals surface area contributed by atoms with Crippen LogP contribution in [-0.4, -0.2) is 29.9 Å². The number of carbonyl (C=O) groups excluding carboxylic acids is 2. The lowest BCUT2D eigenvalue weighted by atomic mass is 10.3. The average molecular weight is 357 g/mol. The highest BCUT2D eigenvalue weighted by molar-refractivity contribution is 5.90. The molecule has 0 bridgehead atoms. The zero-order chi connectivity index (χ0) is 18.9. The number of nitrogens with zero attached hydrogens (tertiary/aromatic N) is 3. The van der Waals surface area contributed by atoms with Gasteiger partial charge in [0.1, 0.15) is 17.2 Å². The molecule has 0 fully saturated rings. The zero-order valence-electron chi connectivity index (χ0n) is 13.9. The number of para-hydroxylation sites is 1. The second-order valence-electron chi connectivity index (χ2n) is 5.03. The first kappa shape index (κ1) is 19.0. The van der Waals surface area contributed by atoms with Gasteiger partial charge in [-0.05, 0) is 24.3 Å². The topological polar surface area (TPSA) is 171 Å². The molecule has 0 unspecified atom stereocenters. The van der Waals surface area contributed by atoms with E-state index in [0.29, 0.717) is 11.4 Å². The van der Waals surface area contributed by atoms with Crippen molar-refractivity contribution in [2.75, 3.05) is 24.1 Å². The van der Waals surface area contributed by atoms with Crippen LogP contribution in [0, 0.1) is 0 Å². The van der Waals surface area contributed by atoms with Crippen molar-refractivity contribution in [1.29, 1.82) is 0 Å². The summed E-state index contributed by atoms with van der Waals surface area (Å²) in [6, 6.07) is 9.68. The van der Waals surface area contributed by atoms with Crippen LogP contribution in [0.4, 0.5) is 23.0 Å². The van der Waals surface area contributed by atoms with Crippen molar-refractivity contribution in [1.82, 2.24) is 4.98 Å². The van der Waals surface area contributed by atoms with Crippen molar-refractivity contribution >= 4 is 34.9 Å². The zero-order valence-corrected chi connectivity index (χ0v) is 13.9. The van der Waals surface area contributed by atoms with Gasteiger partial charge in [-0.1, -0.05) is 12.1 Å². The molecule has 0 radical (unpaired) electrons.